The number of hydrogen-bond donors (Lipinski definition) is 1. The van der Waals surface area contributed by atoms with Gasteiger partial charge in [0.2, 0.25) is 10.0 Å². The summed E-state index contributed by atoms with van der Waals surface area (Å²) in [5.41, 5.74) is 1.66. The average Bonchev–Trinajstić information content (AvgIpc) is 2.88. The van der Waals surface area contributed by atoms with Gasteiger partial charge < -0.3 is 4.90 Å². The van der Waals surface area contributed by atoms with Gasteiger partial charge in [0.05, 0.1) is 4.90 Å². The lowest BCUT2D eigenvalue weighted by Crippen LogP contribution is -2.44. The molecule has 1 aromatic rings. The molecule has 23 heavy (non-hydrogen) atoms. The number of piperidine rings is 1. The van der Waals surface area contributed by atoms with E-state index in [2.05, 4.69) is 21.6 Å². The van der Waals surface area contributed by atoms with Crippen molar-refractivity contribution < 1.29 is 8.42 Å². The zero-order chi connectivity index (χ0) is 16.5. The van der Waals surface area contributed by atoms with Crippen molar-refractivity contribution >= 4 is 10.0 Å². The fourth-order valence-electron chi connectivity index (χ4n) is 4.09. The van der Waals surface area contributed by atoms with E-state index in [0.29, 0.717) is 10.3 Å². The van der Waals surface area contributed by atoms with Crippen LogP contribution in [-0.2, 0) is 16.6 Å². The Kier molecular flexibility index (Phi) is 4.78. The lowest BCUT2D eigenvalue weighted by Gasteiger charge is -2.40. The molecule has 1 aromatic carbocycles. The summed E-state index contributed by atoms with van der Waals surface area (Å²) in [5, 5.41) is 0. The Morgan fingerprint density at radius 1 is 1.13 bits per heavy atom. The van der Waals surface area contributed by atoms with Crippen LogP contribution in [0.2, 0.25) is 0 Å². The highest BCUT2D eigenvalue weighted by Gasteiger charge is 2.39. The second-order valence-corrected chi connectivity index (χ2v) is 9.04. The van der Waals surface area contributed by atoms with E-state index >= 15 is 0 Å². The number of likely N-dealkylation sites (tertiary alicyclic amines) is 2. The predicted molar refractivity (Wildman–Crippen MR) is 91.7 cm³/mol. The molecule has 5 nitrogen and oxygen atoms in total. The molecular weight excluding hydrogens is 310 g/mol. The molecule has 1 spiro atoms. The first-order chi connectivity index (χ1) is 10.9. The molecule has 0 aliphatic carbocycles. The summed E-state index contributed by atoms with van der Waals surface area (Å²) in [6.07, 6.45) is 3.91. The number of benzene rings is 1. The van der Waals surface area contributed by atoms with E-state index in [9.17, 15) is 8.42 Å². The molecule has 2 heterocycles. The fourth-order valence-corrected chi connectivity index (χ4v) is 4.82. The van der Waals surface area contributed by atoms with Crippen molar-refractivity contribution in [1.29, 1.82) is 0 Å². The highest BCUT2D eigenvalue weighted by atomic mass is 32.2. The first-order valence-electron chi connectivity index (χ1n) is 8.36. The standard InChI is InChI=1S/C17H27N3O2S/c1-18-23(21,22)16-6-4-15(5-7-16)12-20-10-3-8-17(14-20)9-11-19(2)13-17/h4-7,18H,3,8-14H2,1-2H3/t17-/m0/s1. The Labute approximate surface area is 139 Å². The number of hydrogen-bond acceptors (Lipinski definition) is 4. The number of nitrogens with zero attached hydrogens (tertiary/aromatic N) is 2. The Morgan fingerprint density at radius 2 is 1.87 bits per heavy atom. The summed E-state index contributed by atoms with van der Waals surface area (Å²) in [6, 6.07) is 7.27. The van der Waals surface area contributed by atoms with Gasteiger partial charge in [0.15, 0.2) is 0 Å². The predicted octanol–water partition coefficient (Wildman–Crippen LogP) is 1.51. The van der Waals surface area contributed by atoms with Crippen LogP contribution >= 0.6 is 0 Å². The van der Waals surface area contributed by atoms with E-state index in [1.807, 2.05) is 12.1 Å². The van der Waals surface area contributed by atoms with Gasteiger partial charge in [0, 0.05) is 19.6 Å². The largest absolute Gasteiger partial charge is 0.306 e. The Morgan fingerprint density at radius 3 is 2.48 bits per heavy atom. The van der Waals surface area contributed by atoms with E-state index in [0.717, 1.165) is 19.6 Å². The van der Waals surface area contributed by atoms with Gasteiger partial charge >= 0.3 is 0 Å². The molecule has 1 atom stereocenters. The normalized spacial score (nSPS) is 26.9. The number of sulfonamides is 1. The Bertz CT molecular complexity index is 640. The van der Waals surface area contributed by atoms with Crippen LogP contribution in [0.3, 0.4) is 0 Å². The molecule has 0 unspecified atom stereocenters. The van der Waals surface area contributed by atoms with Crippen LogP contribution in [0.1, 0.15) is 24.8 Å². The van der Waals surface area contributed by atoms with Crippen molar-refractivity contribution in [2.75, 3.05) is 40.3 Å². The van der Waals surface area contributed by atoms with Crippen LogP contribution in [0.4, 0.5) is 0 Å². The zero-order valence-corrected chi connectivity index (χ0v) is 14.9. The average molecular weight is 337 g/mol. The zero-order valence-electron chi connectivity index (χ0n) is 14.1. The van der Waals surface area contributed by atoms with Crippen LogP contribution in [-0.4, -0.2) is 58.5 Å². The summed E-state index contributed by atoms with van der Waals surface area (Å²) in [5.74, 6) is 0. The summed E-state index contributed by atoms with van der Waals surface area (Å²) in [6.45, 7) is 5.63. The molecule has 3 rings (SSSR count). The molecule has 0 bridgehead atoms. The molecule has 6 heteroatoms. The summed E-state index contributed by atoms with van der Waals surface area (Å²) < 4.78 is 25.9. The second kappa shape index (κ2) is 6.51. The molecule has 2 saturated heterocycles. The highest BCUT2D eigenvalue weighted by molar-refractivity contribution is 7.89. The molecule has 0 radical (unpaired) electrons. The van der Waals surface area contributed by atoms with Gasteiger partial charge in [-0.05, 0) is 69.6 Å². The van der Waals surface area contributed by atoms with Crippen molar-refractivity contribution in [2.24, 2.45) is 5.41 Å². The maximum Gasteiger partial charge on any atom is 0.240 e. The molecule has 128 valence electrons. The Hall–Kier alpha value is -0.950. The molecular formula is C17H27N3O2S. The quantitative estimate of drug-likeness (QED) is 0.905. The van der Waals surface area contributed by atoms with Gasteiger partial charge in [-0.1, -0.05) is 12.1 Å². The van der Waals surface area contributed by atoms with Crippen LogP contribution in [0.5, 0.6) is 0 Å². The van der Waals surface area contributed by atoms with Gasteiger partial charge in [0.25, 0.3) is 0 Å². The van der Waals surface area contributed by atoms with Crippen LogP contribution < -0.4 is 4.72 Å². The minimum atomic E-state index is -3.34. The van der Waals surface area contributed by atoms with Crippen LogP contribution in [0.25, 0.3) is 0 Å². The SMILES string of the molecule is CNS(=O)(=O)c1ccc(CN2CCC[C@@]3(CCN(C)C3)C2)cc1. The van der Waals surface area contributed by atoms with E-state index in [1.165, 1.54) is 45.0 Å². The number of nitrogens with one attached hydrogen (secondary N) is 1. The summed E-state index contributed by atoms with van der Waals surface area (Å²) in [4.78, 5) is 5.31. The molecule has 2 aliphatic heterocycles. The van der Waals surface area contributed by atoms with Gasteiger partial charge in [-0.2, -0.15) is 0 Å². The fraction of sp³-hybridized carbons (Fsp3) is 0.647. The van der Waals surface area contributed by atoms with E-state index < -0.39 is 10.0 Å². The summed E-state index contributed by atoms with van der Waals surface area (Å²) >= 11 is 0. The van der Waals surface area contributed by atoms with Gasteiger partial charge in [-0.25, -0.2) is 13.1 Å². The van der Waals surface area contributed by atoms with Crippen molar-refractivity contribution in [3.63, 3.8) is 0 Å². The van der Waals surface area contributed by atoms with Crippen molar-refractivity contribution in [1.82, 2.24) is 14.5 Å². The van der Waals surface area contributed by atoms with Gasteiger partial charge in [-0.3, -0.25) is 4.90 Å². The maximum atomic E-state index is 11.8. The van der Waals surface area contributed by atoms with Crippen LogP contribution in [0.15, 0.2) is 29.2 Å². The summed E-state index contributed by atoms with van der Waals surface area (Å²) in [7, 11) is 0.315. The smallest absolute Gasteiger partial charge is 0.240 e. The lowest BCUT2D eigenvalue weighted by atomic mass is 9.79. The van der Waals surface area contributed by atoms with E-state index in [1.54, 1.807) is 12.1 Å². The van der Waals surface area contributed by atoms with Crippen molar-refractivity contribution in [2.45, 2.75) is 30.7 Å². The highest BCUT2D eigenvalue weighted by Crippen LogP contribution is 2.38. The second-order valence-electron chi connectivity index (χ2n) is 7.15. The molecule has 0 amide bonds. The van der Waals surface area contributed by atoms with Gasteiger partial charge in [0.1, 0.15) is 0 Å². The monoisotopic (exact) mass is 337 g/mol. The third kappa shape index (κ3) is 3.76. The van der Waals surface area contributed by atoms with Crippen molar-refractivity contribution in [3.05, 3.63) is 29.8 Å². The maximum absolute atomic E-state index is 11.8. The lowest BCUT2D eigenvalue weighted by molar-refractivity contribution is 0.0900. The molecule has 1 N–H and O–H groups in total. The Balaban J connectivity index is 1.65. The first-order valence-corrected chi connectivity index (χ1v) is 9.84. The molecule has 2 aliphatic rings. The van der Waals surface area contributed by atoms with Crippen molar-refractivity contribution in [3.8, 4) is 0 Å². The van der Waals surface area contributed by atoms with E-state index in [-0.39, 0.29) is 0 Å². The minimum absolute atomic E-state index is 0.330. The topological polar surface area (TPSA) is 52.7 Å². The molecule has 0 aromatic heterocycles. The third-order valence-electron chi connectivity index (χ3n) is 5.28. The molecule has 0 saturated carbocycles. The minimum Gasteiger partial charge on any atom is -0.306 e. The molecule has 2 fully saturated rings. The first kappa shape index (κ1) is 16.9. The van der Waals surface area contributed by atoms with E-state index in [4.69, 9.17) is 0 Å². The third-order valence-corrected chi connectivity index (χ3v) is 6.71. The van der Waals surface area contributed by atoms with Crippen LogP contribution in [0, 0.1) is 5.41 Å². The van der Waals surface area contributed by atoms with Gasteiger partial charge in [-0.15, -0.1) is 0 Å². The number of rotatable bonds is 4.